The van der Waals surface area contributed by atoms with Gasteiger partial charge < -0.3 is 4.84 Å². The molecule has 0 aliphatic rings. The largest absolute Gasteiger partial charge is 0.391 e. The van der Waals surface area contributed by atoms with Crippen molar-refractivity contribution < 1.29 is 4.84 Å². The Balaban J connectivity index is 1.72. The van der Waals surface area contributed by atoms with E-state index in [9.17, 15) is 0 Å². The van der Waals surface area contributed by atoms with Crippen LogP contribution in [0.1, 0.15) is 11.1 Å². The molecule has 0 unspecified atom stereocenters. The molecule has 2 rings (SSSR count). The van der Waals surface area contributed by atoms with Crippen LogP contribution in [0.3, 0.4) is 0 Å². The SMILES string of the molecule is [c]1ccc(CC=NOCc2ccccc2)cc1. The zero-order chi connectivity index (χ0) is 11.8. The van der Waals surface area contributed by atoms with Crippen LogP contribution >= 0.6 is 0 Å². The first-order valence-electron chi connectivity index (χ1n) is 5.58. The molecule has 0 aromatic heterocycles. The summed E-state index contributed by atoms with van der Waals surface area (Å²) < 4.78 is 0. The first-order chi connectivity index (χ1) is 8.45. The smallest absolute Gasteiger partial charge is 0.142 e. The minimum atomic E-state index is 0.514. The molecule has 0 atom stereocenters. The van der Waals surface area contributed by atoms with Crippen molar-refractivity contribution in [1.82, 2.24) is 0 Å². The van der Waals surface area contributed by atoms with E-state index in [0.717, 1.165) is 12.0 Å². The molecule has 0 amide bonds. The number of nitrogens with zero attached hydrogens (tertiary/aromatic N) is 1. The van der Waals surface area contributed by atoms with Crippen molar-refractivity contribution in [3.05, 3.63) is 71.8 Å². The standard InChI is InChI=1S/C15H14NO/c1-3-7-14(8-4-1)11-12-16-17-13-15-9-5-2-6-10-15/h2-10,12H,11,13H2. The third-order valence-electron chi connectivity index (χ3n) is 2.34. The third kappa shape index (κ3) is 4.11. The summed E-state index contributed by atoms with van der Waals surface area (Å²) in [6.07, 6.45) is 2.56. The average molecular weight is 224 g/mol. The first kappa shape index (κ1) is 11.4. The zero-order valence-corrected chi connectivity index (χ0v) is 9.54. The summed E-state index contributed by atoms with van der Waals surface area (Å²) in [4.78, 5) is 5.20. The summed E-state index contributed by atoms with van der Waals surface area (Å²) in [5.74, 6) is 0. The normalized spacial score (nSPS) is 10.6. The fraction of sp³-hybridized carbons (Fsp3) is 0.133. The Bertz CT molecular complexity index is 451. The minimum Gasteiger partial charge on any atom is -0.391 e. The second-order valence-corrected chi connectivity index (χ2v) is 3.66. The summed E-state index contributed by atoms with van der Waals surface area (Å²) in [6.45, 7) is 0.514. The van der Waals surface area contributed by atoms with Crippen LogP contribution < -0.4 is 0 Å². The Morgan fingerprint density at radius 1 is 1.00 bits per heavy atom. The van der Waals surface area contributed by atoms with Crippen LogP contribution in [0.2, 0.25) is 0 Å². The molecule has 0 fully saturated rings. The molecule has 0 aliphatic heterocycles. The third-order valence-corrected chi connectivity index (χ3v) is 2.34. The summed E-state index contributed by atoms with van der Waals surface area (Å²) in [6, 6.07) is 20.8. The van der Waals surface area contributed by atoms with E-state index in [4.69, 9.17) is 4.84 Å². The fourth-order valence-corrected chi connectivity index (χ4v) is 1.44. The van der Waals surface area contributed by atoms with Crippen molar-refractivity contribution in [3.8, 4) is 0 Å². The van der Waals surface area contributed by atoms with Gasteiger partial charge in [-0.1, -0.05) is 59.8 Å². The van der Waals surface area contributed by atoms with Gasteiger partial charge in [-0.3, -0.25) is 0 Å². The maximum atomic E-state index is 5.20. The number of benzene rings is 2. The van der Waals surface area contributed by atoms with Crippen LogP contribution in [-0.4, -0.2) is 6.21 Å². The van der Waals surface area contributed by atoms with Crippen molar-refractivity contribution in [1.29, 1.82) is 0 Å². The fourth-order valence-electron chi connectivity index (χ4n) is 1.44. The maximum absolute atomic E-state index is 5.20. The molecule has 0 bridgehead atoms. The Labute approximate surface area is 102 Å². The number of oxime groups is 1. The molecule has 2 heteroatoms. The molecule has 2 aromatic rings. The van der Waals surface area contributed by atoms with Crippen LogP contribution in [0, 0.1) is 6.07 Å². The highest BCUT2D eigenvalue weighted by molar-refractivity contribution is 5.60. The molecule has 17 heavy (non-hydrogen) atoms. The lowest BCUT2D eigenvalue weighted by Gasteiger charge is -1.98. The molecule has 0 aliphatic carbocycles. The predicted octanol–water partition coefficient (Wildman–Crippen LogP) is 3.23. The summed E-state index contributed by atoms with van der Waals surface area (Å²) in [7, 11) is 0. The van der Waals surface area contributed by atoms with E-state index in [1.165, 1.54) is 5.56 Å². The highest BCUT2D eigenvalue weighted by Gasteiger charge is 1.90. The highest BCUT2D eigenvalue weighted by atomic mass is 16.6. The zero-order valence-electron chi connectivity index (χ0n) is 9.54. The van der Waals surface area contributed by atoms with Crippen LogP contribution in [0.5, 0.6) is 0 Å². The molecular weight excluding hydrogens is 210 g/mol. The van der Waals surface area contributed by atoms with E-state index >= 15 is 0 Å². The lowest BCUT2D eigenvalue weighted by molar-refractivity contribution is 0.131. The molecule has 2 nitrogen and oxygen atoms in total. The van der Waals surface area contributed by atoms with Crippen LogP contribution in [0.25, 0.3) is 0 Å². The molecule has 1 radical (unpaired) electrons. The predicted molar refractivity (Wildman–Crippen MR) is 68.7 cm³/mol. The number of hydrogen-bond donors (Lipinski definition) is 0. The van der Waals surface area contributed by atoms with E-state index < -0.39 is 0 Å². The Kier molecular flexibility index (Phi) is 4.35. The van der Waals surface area contributed by atoms with Gasteiger partial charge in [0.25, 0.3) is 0 Å². The van der Waals surface area contributed by atoms with Crippen molar-refractivity contribution >= 4 is 6.21 Å². The second kappa shape index (κ2) is 6.48. The average Bonchev–Trinajstić information content (AvgIpc) is 2.41. The highest BCUT2D eigenvalue weighted by Crippen LogP contribution is 2.01. The van der Waals surface area contributed by atoms with Gasteiger partial charge in [0.2, 0.25) is 0 Å². The monoisotopic (exact) mass is 224 g/mol. The van der Waals surface area contributed by atoms with E-state index in [1.807, 2.05) is 54.6 Å². The maximum Gasteiger partial charge on any atom is 0.142 e. The molecule has 85 valence electrons. The van der Waals surface area contributed by atoms with Gasteiger partial charge in [0.15, 0.2) is 0 Å². The lowest BCUT2D eigenvalue weighted by Crippen LogP contribution is -1.89. The van der Waals surface area contributed by atoms with Crippen LogP contribution in [0.4, 0.5) is 0 Å². The molecule has 0 saturated carbocycles. The van der Waals surface area contributed by atoms with Gasteiger partial charge in [-0.15, -0.1) is 0 Å². The van der Waals surface area contributed by atoms with Crippen molar-refractivity contribution in [2.24, 2.45) is 5.16 Å². The van der Waals surface area contributed by atoms with E-state index in [0.29, 0.717) is 6.61 Å². The van der Waals surface area contributed by atoms with Crippen LogP contribution in [-0.2, 0) is 17.9 Å². The van der Waals surface area contributed by atoms with Gasteiger partial charge in [0.1, 0.15) is 6.61 Å². The molecule has 0 spiro atoms. The van der Waals surface area contributed by atoms with Crippen LogP contribution in [0.15, 0.2) is 59.8 Å². The van der Waals surface area contributed by atoms with Gasteiger partial charge in [-0.2, -0.15) is 0 Å². The van der Waals surface area contributed by atoms with E-state index in [1.54, 1.807) is 6.21 Å². The summed E-state index contributed by atoms with van der Waals surface area (Å²) in [5, 5.41) is 3.93. The lowest BCUT2D eigenvalue weighted by atomic mass is 10.2. The molecule has 0 heterocycles. The van der Waals surface area contributed by atoms with Crippen molar-refractivity contribution in [2.45, 2.75) is 13.0 Å². The topological polar surface area (TPSA) is 21.6 Å². The van der Waals surface area contributed by atoms with Crippen molar-refractivity contribution in [3.63, 3.8) is 0 Å². The summed E-state index contributed by atoms with van der Waals surface area (Å²) >= 11 is 0. The molecule has 2 aromatic carbocycles. The van der Waals surface area contributed by atoms with Gasteiger partial charge in [-0.25, -0.2) is 0 Å². The molecular formula is C15H14NO. The van der Waals surface area contributed by atoms with Gasteiger partial charge >= 0.3 is 0 Å². The second-order valence-electron chi connectivity index (χ2n) is 3.66. The number of rotatable bonds is 5. The minimum absolute atomic E-state index is 0.514. The summed E-state index contributed by atoms with van der Waals surface area (Å²) in [5.41, 5.74) is 2.33. The van der Waals surface area contributed by atoms with Gasteiger partial charge in [0, 0.05) is 12.6 Å². The van der Waals surface area contributed by atoms with Gasteiger partial charge in [-0.05, 0) is 17.2 Å². The quantitative estimate of drug-likeness (QED) is 0.564. The molecule has 0 saturated heterocycles. The van der Waals surface area contributed by atoms with Crippen molar-refractivity contribution in [2.75, 3.05) is 0 Å². The Hall–Kier alpha value is -2.09. The number of hydrogen-bond acceptors (Lipinski definition) is 2. The van der Waals surface area contributed by atoms with E-state index in [2.05, 4.69) is 11.2 Å². The van der Waals surface area contributed by atoms with E-state index in [-0.39, 0.29) is 0 Å². The first-order valence-corrected chi connectivity index (χ1v) is 5.58. The molecule has 0 N–H and O–H groups in total. The van der Waals surface area contributed by atoms with Gasteiger partial charge in [0.05, 0.1) is 0 Å². The Morgan fingerprint density at radius 2 is 1.76 bits per heavy atom. The Morgan fingerprint density at radius 3 is 2.53 bits per heavy atom.